The van der Waals surface area contributed by atoms with Gasteiger partial charge in [-0.3, -0.25) is 0 Å². The quantitative estimate of drug-likeness (QED) is 0.282. The first-order valence-electron chi connectivity index (χ1n) is 1.28. The van der Waals surface area contributed by atoms with Crippen molar-refractivity contribution in [3.63, 3.8) is 0 Å². The Kier molecular flexibility index (Phi) is 41.9. The third kappa shape index (κ3) is 17.9. The van der Waals surface area contributed by atoms with Crippen LogP contribution in [0.15, 0.2) is 0 Å². The van der Waals surface area contributed by atoms with Crippen molar-refractivity contribution in [2.75, 3.05) is 0 Å². The van der Waals surface area contributed by atoms with Crippen LogP contribution < -0.4 is 59.1 Å². The molecule has 3 heteroatoms. The van der Waals surface area contributed by atoms with E-state index in [1.165, 1.54) is 0 Å². The Morgan fingerprint density at radius 3 is 1.83 bits per heavy atom. The maximum absolute atomic E-state index is 7.62. The van der Waals surface area contributed by atoms with Crippen LogP contribution in [-0.2, 0) is 0 Å². The zero-order valence-corrected chi connectivity index (χ0v) is 8.65. The van der Waals surface area contributed by atoms with Gasteiger partial charge >= 0.3 is 59.1 Å². The van der Waals surface area contributed by atoms with E-state index in [2.05, 4.69) is 0 Å². The van der Waals surface area contributed by atoms with Gasteiger partial charge in [0.1, 0.15) is 0 Å². The second-order valence-corrected chi connectivity index (χ2v) is 0.512. The zero-order chi connectivity index (χ0) is 3.41. The van der Waals surface area contributed by atoms with Crippen LogP contribution in [0.3, 0.4) is 0 Å². The fraction of sp³-hybridized carbons (Fsp3) is 0.667. The topological polar surface area (TPSA) is 23.8 Å². The molecule has 0 heterocycles. The Morgan fingerprint density at radius 1 is 1.67 bits per heavy atom. The predicted octanol–water partition coefficient (Wildman–Crippen LogP) is -4.85. The smallest absolute Gasteiger partial charge is 1.00 e. The Morgan fingerprint density at radius 2 is 1.83 bits per heavy atom. The molecule has 1 nitrogen and oxygen atoms in total. The third-order valence-electron chi connectivity index (χ3n) is 0.158. The zero-order valence-electron chi connectivity index (χ0n) is 6.65. The molecular weight excluding hydrogens is 96.0 g/mol. The SMILES string of the molecule is CCC#N.[H-].[H-].[Na+].[Na+]. The van der Waals surface area contributed by atoms with Crippen molar-refractivity contribution in [2.45, 2.75) is 13.3 Å². The molecule has 0 aromatic rings. The standard InChI is InChI=1S/C3H5N.2Na.2H/c1-2-3-4;;;;/h2H2,1H3;;;;/q;2*+1;2*-1. The van der Waals surface area contributed by atoms with Gasteiger partial charge in [0.2, 0.25) is 0 Å². The Labute approximate surface area is 85.7 Å². The van der Waals surface area contributed by atoms with Gasteiger partial charge in [-0.25, -0.2) is 0 Å². The molecule has 0 spiro atoms. The summed E-state index contributed by atoms with van der Waals surface area (Å²) in [7, 11) is 0. The molecule has 0 unspecified atom stereocenters. The Bertz CT molecular complexity index is 45.0. The van der Waals surface area contributed by atoms with Crippen LogP contribution in [-0.4, -0.2) is 0 Å². The summed E-state index contributed by atoms with van der Waals surface area (Å²) in [6.45, 7) is 1.82. The van der Waals surface area contributed by atoms with E-state index in [4.69, 9.17) is 5.26 Å². The summed E-state index contributed by atoms with van der Waals surface area (Å²) in [6, 6.07) is 1.93. The van der Waals surface area contributed by atoms with E-state index in [0.29, 0.717) is 6.42 Å². The first-order chi connectivity index (χ1) is 1.91. The van der Waals surface area contributed by atoms with E-state index >= 15 is 0 Å². The monoisotopic (exact) mass is 103 g/mol. The molecular formula is C3H7NNa2. The van der Waals surface area contributed by atoms with Gasteiger partial charge in [0.25, 0.3) is 0 Å². The number of hydrogen-bond acceptors (Lipinski definition) is 1. The molecule has 0 atom stereocenters. The number of rotatable bonds is 0. The van der Waals surface area contributed by atoms with Gasteiger partial charge < -0.3 is 2.85 Å². The minimum atomic E-state index is 0. The van der Waals surface area contributed by atoms with Crippen molar-refractivity contribution >= 4 is 0 Å². The minimum Gasteiger partial charge on any atom is -1.00 e. The van der Waals surface area contributed by atoms with E-state index in [1.807, 2.05) is 13.0 Å². The summed E-state index contributed by atoms with van der Waals surface area (Å²) in [6.07, 6.45) is 0.625. The Balaban J connectivity index is -0.00000000750. The molecule has 0 aromatic heterocycles. The molecule has 26 valence electrons. The molecule has 0 radical (unpaired) electrons. The van der Waals surface area contributed by atoms with Crippen LogP contribution in [0.2, 0.25) is 0 Å². The van der Waals surface area contributed by atoms with E-state index in [0.717, 1.165) is 0 Å². The van der Waals surface area contributed by atoms with Gasteiger partial charge in [-0.15, -0.1) is 0 Å². The van der Waals surface area contributed by atoms with E-state index in [1.54, 1.807) is 0 Å². The van der Waals surface area contributed by atoms with Gasteiger partial charge in [0.05, 0.1) is 6.07 Å². The van der Waals surface area contributed by atoms with Gasteiger partial charge in [-0.2, -0.15) is 5.26 Å². The maximum Gasteiger partial charge on any atom is 1.00 e. The summed E-state index contributed by atoms with van der Waals surface area (Å²) in [5.41, 5.74) is 0. The number of nitrogens with zero attached hydrogens (tertiary/aromatic N) is 1. The van der Waals surface area contributed by atoms with Crippen LogP contribution in [0.25, 0.3) is 0 Å². The number of hydrogen-bond donors (Lipinski definition) is 0. The van der Waals surface area contributed by atoms with Gasteiger partial charge in [-0.05, 0) is 0 Å². The summed E-state index contributed by atoms with van der Waals surface area (Å²) in [5.74, 6) is 0. The van der Waals surface area contributed by atoms with Crippen molar-refractivity contribution in [3.05, 3.63) is 0 Å². The maximum atomic E-state index is 7.62. The van der Waals surface area contributed by atoms with Crippen LogP contribution in [0, 0.1) is 11.3 Å². The second-order valence-electron chi connectivity index (χ2n) is 0.512. The van der Waals surface area contributed by atoms with Crippen LogP contribution in [0.5, 0.6) is 0 Å². The normalized spacial score (nSPS) is 3.33. The molecule has 0 saturated heterocycles. The molecule has 0 rings (SSSR count). The van der Waals surface area contributed by atoms with E-state index < -0.39 is 0 Å². The molecule has 6 heavy (non-hydrogen) atoms. The molecule has 0 aliphatic carbocycles. The number of nitriles is 1. The third-order valence-corrected chi connectivity index (χ3v) is 0.158. The minimum absolute atomic E-state index is 0. The van der Waals surface area contributed by atoms with Crippen molar-refractivity contribution in [2.24, 2.45) is 0 Å². The summed E-state index contributed by atoms with van der Waals surface area (Å²) >= 11 is 0. The summed E-state index contributed by atoms with van der Waals surface area (Å²) in [5, 5.41) is 7.62. The first-order valence-corrected chi connectivity index (χ1v) is 1.28. The van der Waals surface area contributed by atoms with E-state index in [-0.39, 0.29) is 62.0 Å². The molecule has 0 aliphatic heterocycles. The first kappa shape index (κ1) is 15.6. The van der Waals surface area contributed by atoms with Crippen molar-refractivity contribution in [1.82, 2.24) is 0 Å². The van der Waals surface area contributed by atoms with Crippen molar-refractivity contribution in [1.29, 1.82) is 5.26 Å². The predicted molar refractivity (Wildman–Crippen MR) is 18.1 cm³/mol. The molecule has 0 N–H and O–H groups in total. The summed E-state index contributed by atoms with van der Waals surface area (Å²) in [4.78, 5) is 0. The molecule has 0 saturated carbocycles. The fourth-order valence-electron chi connectivity index (χ4n) is 0. The molecule has 0 aliphatic rings. The van der Waals surface area contributed by atoms with Crippen molar-refractivity contribution < 1.29 is 62.0 Å². The van der Waals surface area contributed by atoms with Crippen LogP contribution in [0.1, 0.15) is 16.2 Å². The molecule has 0 aromatic carbocycles. The average molecular weight is 103 g/mol. The molecule has 0 amide bonds. The largest absolute Gasteiger partial charge is 1.00 e. The fourth-order valence-corrected chi connectivity index (χ4v) is 0. The van der Waals surface area contributed by atoms with Gasteiger partial charge in [0, 0.05) is 6.42 Å². The average Bonchev–Trinajstić information content (AvgIpc) is 1.37. The van der Waals surface area contributed by atoms with Crippen molar-refractivity contribution in [3.8, 4) is 6.07 Å². The van der Waals surface area contributed by atoms with Gasteiger partial charge in [-0.1, -0.05) is 6.92 Å². The molecule has 0 bridgehead atoms. The van der Waals surface area contributed by atoms with Crippen LogP contribution in [0.4, 0.5) is 0 Å². The summed E-state index contributed by atoms with van der Waals surface area (Å²) < 4.78 is 0. The Hall–Kier alpha value is 1.49. The van der Waals surface area contributed by atoms with Crippen LogP contribution >= 0.6 is 0 Å². The second kappa shape index (κ2) is 16.1. The molecule has 0 fully saturated rings. The van der Waals surface area contributed by atoms with E-state index in [9.17, 15) is 0 Å². The van der Waals surface area contributed by atoms with Gasteiger partial charge in [0.15, 0.2) is 0 Å².